The van der Waals surface area contributed by atoms with E-state index in [0.29, 0.717) is 19.8 Å². The van der Waals surface area contributed by atoms with Gasteiger partial charge in [-0.05, 0) is 46.1 Å². The quantitative estimate of drug-likeness (QED) is 0.301. The summed E-state index contributed by atoms with van der Waals surface area (Å²) in [6.07, 6.45) is 0. The van der Waals surface area contributed by atoms with Crippen LogP contribution in [0, 0.1) is 0 Å². The van der Waals surface area contributed by atoms with Crippen molar-refractivity contribution in [1.82, 2.24) is 9.78 Å². The molecule has 0 amide bonds. The molecule has 0 unspecified atom stereocenters. The highest BCUT2D eigenvalue weighted by atomic mass is 79.9. The van der Waals surface area contributed by atoms with Gasteiger partial charge in [0.05, 0.1) is 23.3 Å². The lowest BCUT2D eigenvalue weighted by molar-refractivity contribution is 0.259. The molecular weight excluding hydrogens is 440 g/mol. The first-order chi connectivity index (χ1) is 14.7. The van der Waals surface area contributed by atoms with E-state index in [0.717, 1.165) is 32.9 Å². The minimum atomic E-state index is 0.485. The zero-order valence-electron chi connectivity index (χ0n) is 16.8. The monoisotopic (exact) mass is 462 g/mol. The molecule has 1 aromatic heterocycles. The normalized spacial score (nSPS) is 10.7. The highest BCUT2D eigenvalue weighted by Crippen LogP contribution is 2.31. The van der Waals surface area contributed by atoms with Crippen LogP contribution in [0.3, 0.4) is 0 Å². The number of nitrogens with zero attached hydrogens (tertiary/aromatic N) is 2. The van der Waals surface area contributed by atoms with Crippen molar-refractivity contribution in [3.05, 3.63) is 89.4 Å². The van der Waals surface area contributed by atoms with Crippen molar-refractivity contribution in [3.63, 3.8) is 0 Å². The maximum absolute atomic E-state index is 6.02. The van der Waals surface area contributed by atoms with Crippen molar-refractivity contribution >= 4 is 15.9 Å². The zero-order chi connectivity index (χ0) is 20.8. The fourth-order valence-corrected chi connectivity index (χ4v) is 3.74. The van der Waals surface area contributed by atoms with Gasteiger partial charge < -0.3 is 9.47 Å². The van der Waals surface area contributed by atoms with Crippen molar-refractivity contribution < 1.29 is 9.47 Å². The standard InChI is InChI=1S/C25H23BrN2O2/c1-2-29-25-18-23(20-11-7-4-8-12-20)27-28(25)15-16-30-24-14-13-21(17-22(24)26)19-9-5-3-6-10-19/h3-14,17-18H,2,15-16H2,1H3. The van der Waals surface area contributed by atoms with Gasteiger partial charge in [-0.3, -0.25) is 0 Å². The van der Waals surface area contributed by atoms with Gasteiger partial charge in [0, 0.05) is 11.6 Å². The molecule has 4 nitrogen and oxygen atoms in total. The maximum atomic E-state index is 6.02. The van der Waals surface area contributed by atoms with Gasteiger partial charge in [-0.15, -0.1) is 0 Å². The molecule has 0 bridgehead atoms. The highest BCUT2D eigenvalue weighted by Gasteiger charge is 2.11. The average Bonchev–Trinajstić information content (AvgIpc) is 3.19. The van der Waals surface area contributed by atoms with E-state index in [9.17, 15) is 0 Å². The van der Waals surface area contributed by atoms with Gasteiger partial charge in [0.1, 0.15) is 12.4 Å². The Morgan fingerprint density at radius 1 is 0.800 bits per heavy atom. The molecule has 4 aromatic rings. The van der Waals surface area contributed by atoms with Crippen molar-refractivity contribution in [3.8, 4) is 34.0 Å². The molecule has 0 radical (unpaired) electrons. The molecule has 0 aliphatic carbocycles. The zero-order valence-corrected chi connectivity index (χ0v) is 18.4. The third-order valence-corrected chi connectivity index (χ3v) is 5.32. The molecule has 0 saturated carbocycles. The predicted octanol–water partition coefficient (Wildman–Crippen LogP) is 6.46. The van der Waals surface area contributed by atoms with E-state index < -0.39 is 0 Å². The smallest absolute Gasteiger partial charge is 0.212 e. The van der Waals surface area contributed by atoms with E-state index in [4.69, 9.17) is 14.6 Å². The number of aromatic nitrogens is 2. The van der Waals surface area contributed by atoms with Gasteiger partial charge in [0.2, 0.25) is 5.88 Å². The SMILES string of the molecule is CCOc1cc(-c2ccccc2)nn1CCOc1ccc(-c2ccccc2)cc1Br. The second kappa shape index (κ2) is 9.63. The van der Waals surface area contributed by atoms with Gasteiger partial charge in [0.25, 0.3) is 0 Å². The van der Waals surface area contributed by atoms with Gasteiger partial charge in [-0.1, -0.05) is 66.7 Å². The summed E-state index contributed by atoms with van der Waals surface area (Å²) in [7, 11) is 0. The minimum Gasteiger partial charge on any atom is -0.490 e. The summed E-state index contributed by atoms with van der Waals surface area (Å²) < 4.78 is 14.6. The van der Waals surface area contributed by atoms with Crippen LogP contribution >= 0.6 is 15.9 Å². The summed E-state index contributed by atoms with van der Waals surface area (Å²) in [6, 6.07) is 28.5. The molecule has 0 spiro atoms. The summed E-state index contributed by atoms with van der Waals surface area (Å²) in [4.78, 5) is 0. The number of halogens is 1. The van der Waals surface area contributed by atoms with Crippen LogP contribution in [-0.2, 0) is 6.54 Å². The largest absolute Gasteiger partial charge is 0.490 e. The fraction of sp³-hybridized carbons (Fsp3) is 0.160. The second-order valence-corrected chi connectivity index (χ2v) is 7.60. The Morgan fingerprint density at radius 3 is 2.17 bits per heavy atom. The summed E-state index contributed by atoms with van der Waals surface area (Å²) >= 11 is 3.63. The van der Waals surface area contributed by atoms with Crippen molar-refractivity contribution in [1.29, 1.82) is 0 Å². The first-order valence-corrected chi connectivity index (χ1v) is 10.8. The third-order valence-electron chi connectivity index (χ3n) is 4.70. The molecule has 1 heterocycles. The van der Waals surface area contributed by atoms with E-state index in [1.165, 1.54) is 5.56 Å². The molecule has 0 saturated heterocycles. The summed E-state index contributed by atoms with van der Waals surface area (Å²) in [5.41, 5.74) is 4.29. The summed E-state index contributed by atoms with van der Waals surface area (Å²) in [5.74, 6) is 1.56. The lowest BCUT2D eigenvalue weighted by atomic mass is 10.1. The lowest BCUT2D eigenvalue weighted by Crippen LogP contribution is -2.11. The topological polar surface area (TPSA) is 36.3 Å². The molecule has 0 atom stereocenters. The molecule has 4 rings (SSSR count). The van der Waals surface area contributed by atoms with Crippen LogP contribution in [0.1, 0.15) is 6.92 Å². The minimum absolute atomic E-state index is 0.485. The van der Waals surface area contributed by atoms with E-state index in [-0.39, 0.29) is 0 Å². The van der Waals surface area contributed by atoms with E-state index >= 15 is 0 Å². The van der Waals surface area contributed by atoms with Crippen LogP contribution < -0.4 is 9.47 Å². The maximum Gasteiger partial charge on any atom is 0.212 e. The average molecular weight is 463 g/mol. The van der Waals surface area contributed by atoms with Gasteiger partial charge in [-0.2, -0.15) is 5.10 Å². The lowest BCUT2D eigenvalue weighted by Gasteiger charge is -2.11. The van der Waals surface area contributed by atoms with Crippen molar-refractivity contribution in [2.45, 2.75) is 13.5 Å². The third kappa shape index (κ3) is 4.74. The first-order valence-electron chi connectivity index (χ1n) is 9.98. The Bertz CT molecular complexity index is 1090. The van der Waals surface area contributed by atoms with Crippen LogP contribution in [0.4, 0.5) is 0 Å². The second-order valence-electron chi connectivity index (χ2n) is 6.75. The molecular formula is C25H23BrN2O2. The molecule has 0 aliphatic rings. The van der Waals surface area contributed by atoms with Crippen LogP contribution in [0.5, 0.6) is 11.6 Å². The van der Waals surface area contributed by atoms with E-state index in [2.05, 4.69) is 40.2 Å². The molecule has 30 heavy (non-hydrogen) atoms. The van der Waals surface area contributed by atoms with Crippen LogP contribution in [0.15, 0.2) is 89.4 Å². The molecule has 152 valence electrons. The number of ether oxygens (including phenoxy) is 2. The first kappa shape index (κ1) is 20.2. The Balaban J connectivity index is 1.44. The number of rotatable bonds is 8. The Kier molecular flexibility index (Phi) is 6.50. The summed E-state index contributed by atoms with van der Waals surface area (Å²) in [6.45, 7) is 3.64. The molecule has 0 aliphatic heterocycles. The van der Waals surface area contributed by atoms with Gasteiger partial charge in [0.15, 0.2) is 0 Å². The van der Waals surface area contributed by atoms with E-state index in [1.54, 1.807) is 0 Å². The Labute approximate surface area is 185 Å². The van der Waals surface area contributed by atoms with Gasteiger partial charge >= 0.3 is 0 Å². The van der Waals surface area contributed by atoms with Crippen LogP contribution in [-0.4, -0.2) is 23.0 Å². The Morgan fingerprint density at radius 2 is 1.50 bits per heavy atom. The van der Waals surface area contributed by atoms with Crippen LogP contribution in [0.2, 0.25) is 0 Å². The van der Waals surface area contributed by atoms with Crippen molar-refractivity contribution in [2.75, 3.05) is 13.2 Å². The predicted molar refractivity (Wildman–Crippen MR) is 124 cm³/mol. The number of benzene rings is 3. The molecule has 0 fully saturated rings. The fourth-order valence-electron chi connectivity index (χ4n) is 3.24. The highest BCUT2D eigenvalue weighted by molar-refractivity contribution is 9.10. The van der Waals surface area contributed by atoms with Crippen molar-refractivity contribution in [2.24, 2.45) is 0 Å². The molecule has 3 aromatic carbocycles. The molecule has 5 heteroatoms. The number of hydrogen-bond donors (Lipinski definition) is 0. The number of hydrogen-bond acceptors (Lipinski definition) is 3. The van der Waals surface area contributed by atoms with E-state index in [1.807, 2.05) is 72.3 Å². The summed E-state index contributed by atoms with van der Waals surface area (Å²) in [5, 5.41) is 4.71. The molecule has 0 N–H and O–H groups in total. The van der Waals surface area contributed by atoms with Gasteiger partial charge in [-0.25, -0.2) is 4.68 Å². The Hall–Kier alpha value is -3.05. The van der Waals surface area contributed by atoms with Crippen LogP contribution in [0.25, 0.3) is 22.4 Å².